The van der Waals surface area contributed by atoms with E-state index in [2.05, 4.69) is 29.8 Å². The number of halogens is 1. The summed E-state index contributed by atoms with van der Waals surface area (Å²) in [5.74, 6) is 1.09. The second kappa shape index (κ2) is 5.74. The molecular formula is C11H20BrNO. The minimum Gasteiger partial charge on any atom is -0.343 e. The van der Waals surface area contributed by atoms with Crippen LogP contribution in [0.4, 0.5) is 0 Å². The van der Waals surface area contributed by atoms with Gasteiger partial charge in [0.2, 0.25) is 5.91 Å². The van der Waals surface area contributed by atoms with Crippen molar-refractivity contribution < 1.29 is 4.79 Å². The summed E-state index contributed by atoms with van der Waals surface area (Å²) in [6.07, 6.45) is 3.99. The van der Waals surface area contributed by atoms with E-state index in [1.165, 1.54) is 0 Å². The van der Waals surface area contributed by atoms with Gasteiger partial charge in [-0.25, -0.2) is 0 Å². The normalized spacial score (nSPS) is 20.9. The molecule has 1 aliphatic rings. The summed E-state index contributed by atoms with van der Waals surface area (Å²) in [6.45, 7) is 6.18. The van der Waals surface area contributed by atoms with Crippen LogP contribution in [0.25, 0.3) is 0 Å². The minimum atomic E-state index is 0.341. The van der Waals surface area contributed by atoms with Gasteiger partial charge in [-0.05, 0) is 25.2 Å². The first kappa shape index (κ1) is 12.0. The molecule has 1 fully saturated rings. The lowest BCUT2D eigenvalue weighted by Crippen LogP contribution is -2.39. The zero-order chi connectivity index (χ0) is 10.6. The van der Waals surface area contributed by atoms with Crippen LogP contribution in [-0.4, -0.2) is 28.7 Å². The second-order valence-electron chi connectivity index (χ2n) is 4.15. The Balaban J connectivity index is 2.31. The summed E-state index contributed by atoms with van der Waals surface area (Å²) in [5.41, 5.74) is 0. The van der Waals surface area contributed by atoms with Crippen molar-refractivity contribution >= 4 is 21.8 Å². The zero-order valence-corrected chi connectivity index (χ0v) is 10.7. The molecule has 3 heteroatoms. The average molecular weight is 262 g/mol. The van der Waals surface area contributed by atoms with Crippen LogP contribution in [-0.2, 0) is 4.79 Å². The Morgan fingerprint density at radius 3 is 2.50 bits per heavy atom. The van der Waals surface area contributed by atoms with E-state index in [0.717, 1.165) is 38.3 Å². The molecule has 1 rings (SSSR count). The highest BCUT2D eigenvalue weighted by Gasteiger charge is 2.24. The molecule has 1 unspecified atom stereocenters. The highest BCUT2D eigenvalue weighted by atomic mass is 79.9. The van der Waals surface area contributed by atoms with E-state index in [0.29, 0.717) is 17.2 Å². The van der Waals surface area contributed by atoms with Crippen LogP contribution in [0.3, 0.4) is 0 Å². The fraction of sp³-hybridized carbons (Fsp3) is 0.909. The third-order valence-electron chi connectivity index (χ3n) is 3.01. The van der Waals surface area contributed by atoms with Crippen molar-refractivity contribution in [1.29, 1.82) is 0 Å². The first-order valence-corrected chi connectivity index (χ1v) is 6.48. The van der Waals surface area contributed by atoms with Crippen LogP contribution >= 0.6 is 15.9 Å². The molecule has 1 amide bonds. The van der Waals surface area contributed by atoms with Crippen LogP contribution in [0, 0.1) is 5.92 Å². The molecule has 0 aromatic rings. The Morgan fingerprint density at radius 2 is 2.07 bits per heavy atom. The van der Waals surface area contributed by atoms with Gasteiger partial charge in [0.05, 0.1) is 0 Å². The lowest BCUT2D eigenvalue weighted by Gasteiger charge is -2.33. The number of hydrogen-bond acceptors (Lipinski definition) is 1. The Kier molecular flexibility index (Phi) is 4.93. The average Bonchev–Trinajstić information content (AvgIpc) is 2.18. The van der Waals surface area contributed by atoms with E-state index in [-0.39, 0.29) is 0 Å². The van der Waals surface area contributed by atoms with Crippen molar-refractivity contribution in [3.05, 3.63) is 0 Å². The molecule has 14 heavy (non-hydrogen) atoms. The van der Waals surface area contributed by atoms with E-state index >= 15 is 0 Å². The summed E-state index contributed by atoms with van der Waals surface area (Å²) in [6, 6.07) is 0. The van der Waals surface area contributed by atoms with Crippen LogP contribution in [0.15, 0.2) is 0 Å². The van der Waals surface area contributed by atoms with Crippen LogP contribution in [0.5, 0.6) is 0 Å². The first-order chi connectivity index (χ1) is 6.65. The summed E-state index contributed by atoms with van der Waals surface area (Å²) in [4.78, 5) is 14.2. The SMILES string of the molecule is CCCC(=O)N1CCC(C(C)Br)CC1. The topological polar surface area (TPSA) is 20.3 Å². The van der Waals surface area contributed by atoms with Gasteiger partial charge in [0.25, 0.3) is 0 Å². The molecule has 0 aromatic carbocycles. The molecule has 1 saturated heterocycles. The van der Waals surface area contributed by atoms with Gasteiger partial charge >= 0.3 is 0 Å². The molecular weight excluding hydrogens is 242 g/mol. The zero-order valence-electron chi connectivity index (χ0n) is 9.13. The van der Waals surface area contributed by atoms with E-state index in [9.17, 15) is 4.79 Å². The van der Waals surface area contributed by atoms with E-state index in [4.69, 9.17) is 0 Å². The van der Waals surface area contributed by atoms with E-state index in [1.54, 1.807) is 0 Å². The first-order valence-electron chi connectivity index (χ1n) is 5.57. The van der Waals surface area contributed by atoms with Gasteiger partial charge in [-0.2, -0.15) is 0 Å². The molecule has 0 N–H and O–H groups in total. The number of likely N-dealkylation sites (tertiary alicyclic amines) is 1. The largest absolute Gasteiger partial charge is 0.343 e. The molecule has 1 aliphatic heterocycles. The number of carbonyl (C=O) groups is 1. The van der Waals surface area contributed by atoms with Crippen molar-refractivity contribution in [2.24, 2.45) is 5.92 Å². The lowest BCUT2D eigenvalue weighted by molar-refractivity contribution is -0.132. The smallest absolute Gasteiger partial charge is 0.222 e. The van der Waals surface area contributed by atoms with Crippen LogP contribution < -0.4 is 0 Å². The number of amides is 1. The van der Waals surface area contributed by atoms with Gasteiger partial charge in [0, 0.05) is 24.3 Å². The molecule has 0 aromatic heterocycles. The van der Waals surface area contributed by atoms with Gasteiger partial charge in [-0.1, -0.05) is 29.8 Å². The molecule has 0 aliphatic carbocycles. The van der Waals surface area contributed by atoms with Gasteiger partial charge in [0.1, 0.15) is 0 Å². The Hall–Kier alpha value is -0.0500. The number of alkyl halides is 1. The van der Waals surface area contributed by atoms with Crippen molar-refractivity contribution in [3.63, 3.8) is 0 Å². The number of nitrogens with zero attached hydrogens (tertiary/aromatic N) is 1. The molecule has 1 heterocycles. The molecule has 0 bridgehead atoms. The number of rotatable bonds is 3. The summed E-state index contributed by atoms with van der Waals surface area (Å²) in [7, 11) is 0. The molecule has 0 saturated carbocycles. The van der Waals surface area contributed by atoms with Gasteiger partial charge < -0.3 is 4.90 Å². The van der Waals surface area contributed by atoms with Gasteiger partial charge in [0.15, 0.2) is 0 Å². The number of carbonyl (C=O) groups excluding carboxylic acids is 1. The Bertz CT molecular complexity index is 186. The van der Waals surface area contributed by atoms with E-state index < -0.39 is 0 Å². The maximum atomic E-state index is 11.6. The summed E-state index contributed by atoms with van der Waals surface area (Å²) >= 11 is 3.62. The second-order valence-corrected chi connectivity index (χ2v) is 5.59. The summed E-state index contributed by atoms with van der Waals surface area (Å²) < 4.78 is 0. The fourth-order valence-corrected chi connectivity index (χ4v) is 2.51. The maximum Gasteiger partial charge on any atom is 0.222 e. The van der Waals surface area contributed by atoms with E-state index in [1.807, 2.05) is 4.90 Å². The van der Waals surface area contributed by atoms with Crippen LogP contribution in [0.2, 0.25) is 0 Å². The molecule has 0 radical (unpaired) electrons. The number of piperidine rings is 1. The van der Waals surface area contributed by atoms with Gasteiger partial charge in [-0.3, -0.25) is 4.79 Å². The molecule has 1 atom stereocenters. The van der Waals surface area contributed by atoms with Crippen molar-refractivity contribution in [1.82, 2.24) is 4.90 Å². The predicted octanol–water partition coefficient (Wildman–Crippen LogP) is 2.81. The van der Waals surface area contributed by atoms with Crippen LogP contribution in [0.1, 0.15) is 39.5 Å². The Morgan fingerprint density at radius 1 is 1.50 bits per heavy atom. The molecule has 82 valence electrons. The highest BCUT2D eigenvalue weighted by molar-refractivity contribution is 9.09. The standard InChI is InChI=1S/C11H20BrNO/c1-3-4-11(14)13-7-5-10(6-8-13)9(2)12/h9-10H,3-8H2,1-2H3. The van der Waals surface area contributed by atoms with Crippen molar-refractivity contribution in [2.45, 2.75) is 44.4 Å². The van der Waals surface area contributed by atoms with Crippen molar-refractivity contribution in [2.75, 3.05) is 13.1 Å². The quantitative estimate of drug-likeness (QED) is 0.716. The summed E-state index contributed by atoms with van der Waals surface area (Å²) in [5, 5.41) is 0. The lowest BCUT2D eigenvalue weighted by atomic mass is 9.94. The third-order valence-corrected chi connectivity index (χ3v) is 3.75. The Labute approximate surface area is 95.2 Å². The predicted molar refractivity (Wildman–Crippen MR) is 62.6 cm³/mol. The van der Waals surface area contributed by atoms with Crippen molar-refractivity contribution in [3.8, 4) is 0 Å². The maximum absolute atomic E-state index is 11.6. The third kappa shape index (κ3) is 3.26. The molecule has 2 nitrogen and oxygen atoms in total. The highest BCUT2D eigenvalue weighted by Crippen LogP contribution is 2.25. The minimum absolute atomic E-state index is 0.341. The monoisotopic (exact) mass is 261 g/mol. The number of hydrogen-bond donors (Lipinski definition) is 0. The van der Waals surface area contributed by atoms with Gasteiger partial charge in [-0.15, -0.1) is 0 Å². The fourth-order valence-electron chi connectivity index (χ4n) is 1.98. The molecule has 0 spiro atoms.